The number of rotatable bonds is 4. The Bertz CT molecular complexity index is 1910. The Balaban J connectivity index is 1.44. The van der Waals surface area contributed by atoms with E-state index in [0.29, 0.717) is 29.6 Å². The molecule has 2 fully saturated rings. The fourth-order valence-corrected chi connectivity index (χ4v) is 7.75. The minimum atomic E-state index is -4.92. The average Bonchev–Trinajstić information content (AvgIpc) is 3.66. The lowest BCUT2D eigenvalue weighted by atomic mass is 9.88. The lowest BCUT2D eigenvalue weighted by Crippen LogP contribution is -2.56. The van der Waals surface area contributed by atoms with E-state index in [1.165, 1.54) is 24.1 Å². The molecule has 12 nitrogen and oxygen atoms in total. The van der Waals surface area contributed by atoms with Gasteiger partial charge in [0, 0.05) is 23.3 Å². The number of allylic oxidation sites excluding steroid dienone is 2. The molecule has 15 heteroatoms. The van der Waals surface area contributed by atoms with Gasteiger partial charge in [0.2, 0.25) is 11.8 Å². The minimum Gasteiger partial charge on any atom is -0.497 e. The molecule has 2 N–H and O–H groups in total. The molecular weight excluding hydrogens is 709 g/mol. The molecule has 3 aliphatic heterocycles. The zero-order valence-electron chi connectivity index (χ0n) is 31.4. The van der Waals surface area contributed by atoms with E-state index in [1.54, 1.807) is 46.8 Å². The van der Waals surface area contributed by atoms with Crippen LogP contribution in [0.15, 0.2) is 36.4 Å². The smallest absolute Gasteiger partial charge is 0.437 e. The third-order valence-electron chi connectivity index (χ3n) is 10.3. The van der Waals surface area contributed by atoms with Gasteiger partial charge >= 0.3 is 18.2 Å². The quantitative estimate of drug-likeness (QED) is 0.273. The lowest BCUT2D eigenvalue weighted by Gasteiger charge is -2.35. The van der Waals surface area contributed by atoms with Crippen LogP contribution in [0.3, 0.4) is 0 Å². The second-order valence-electron chi connectivity index (χ2n) is 15.5. The van der Waals surface area contributed by atoms with E-state index in [9.17, 15) is 32.3 Å². The molecular formula is C39H47F3N4O8. The van der Waals surface area contributed by atoms with Crippen molar-refractivity contribution in [2.24, 2.45) is 5.92 Å². The summed E-state index contributed by atoms with van der Waals surface area (Å²) in [6.07, 6.45) is 2.72. The zero-order chi connectivity index (χ0) is 39.2. The van der Waals surface area contributed by atoms with Crippen LogP contribution >= 0.6 is 0 Å². The fourth-order valence-electron chi connectivity index (χ4n) is 7.75. The van der Waals surface area contributed by atoms with Crippen molar-refractivity contribution in [2.45, 2.75) is 115 Å². The van der Waals surface area contributed by atoms with Crippen LogP contribution in [0, 0.1) is 5.92 Å². The van der Waals surface area contributed by atoms with Crippen molar-refractivity contribution < 1.29 is 51.3 Å². The highest BCUT2D eigenvalue weighted by atomic mass is 19.4. The first-order chi connectivity index (χ1) is 25.4. The summed E-state index contributed by atoms with van der Waals surface area (Å²) in [6, 6.07) is 2.09. The molecule has 0 bridgehead atoms. The third-order valence-corrected chi connectivity index (χ3v) is 10.3. The molecule has 6 rings (SSSR count). The van der Waals surface area contributed by atoms with Gasteiger partial charge in [-0.1, -0.05) is 25.0 Å². The molecule has 1 aliphatic carbocycles. The number of fused-ring (bicyclic) bond motifs is 5. The Morgan fingerprint density at radius 1 is 1.13 bits per heavy atom. The third kappa shape index (κ3) is 7.72. The highest BCUT2D eigenvalue weighted by Gasteiger charge is 2.63. The lowest BCUT2D eigenvalue weighted by molar-refractivity contribution is -0.150. The summed E-state index contributed by atoms with van der Waals surface area (Å²) < 4.78 is 66.8. The van der Waals surface area contributed by atoms with E-state index >= 15 is 0 Å². The molecule has 5 atom stereocenters. The Labute approximate surface area is 311 Å². The number of aromatic nitrogens is 1. The van der Waals surface area contributed by atoms with Crippen molar-refractivity contribution in [2.75, 3.05) is 20.3 Å². The first-order valence-corrected chi connectivity index (χ1v) is 18.3. The molecule has 2 aromatic rings. The van der Waals surface area contributed by atoms with E-state index in [-0.39, 0.29) is 49.4 Å². The van der Waals surface area contributed by atoms with Gasteiger partial charge in [-0.25, -0.2) is 14.6 Å². The highest BCUT2D eigenvalue weighted by Crippen LogP contribution is 2.51. The van der Waals surface area contributed by atoms with Crippen LogP contribution in [-0.2, 0) is 30.0 Å². The van der Waals surface area contributed by atoms with Crippen molar-refractivity contribution in [3.8, 4) is 11.5 Å². The number of methoxy groups -OCH3 is 1. The summed E-state index contributed by atoms with van der Waals surface area (Å²) in [5.74, 6) is -2.43. The molecule has 1 saturated heterocycles. The molecule has 292 valence electrons. The summed E-state index contributed by atoms with van der Waals surface area (Å²) in [5, 5.41) is 5.92. The number of nitrogens with one attached hydrogen (secondary N) is 2. The van der Waals surface area contributed by atoms with Gasteiger partial charge < -0.3 is 34.5 Å². The summed E-state index contributed by atoms with van der Waals surface area (Å²) >= 11 is 0. The van der Waals surface area contributed by atoms with E-state index in [4.69, 9.17) is 18.9 Å². The van der Waals surface area contributed by atoms with Crippen LogP contribution in [-0.4, -0.2) is 82.8 Å². The van der Waals surface area contributed by atoms with E-state index in [1.807, 2.05) is 12.2 Å². The van der Waals surface area contributed by atoms with Crippen molar-refractivity contribution in [3.63, 3.8) is 0 Å². The standard InChI is InChI=1S/C39H47F3N4O8/c1-7-52-34(49)38-19-23(38)13-11-9-8-10-12-14-27(44-35(50)54-36(3,4)5)33(48)46-21-37(20-28(46)32(47)45-38)18-22(2)29-25-17-24(51-6)15-16-26(25)43-31(30(29)53-37)39(40,41)42/h11,13,15-18,23,27-28H,7-10,12,14,19-21H2,1-6H3,(H,44,50)(H,45,47)/t23-,27+,28+,37-,38-/m1/s1. The number of alkyl carbamates (subject to hydrolysis) is 1. The van der Waals surface area contributed by atoms with Gasteiger partial charge in [0.05, 0.1) is 25.8 Å². The Morgan fingerprint density at radius 2 is 1.89 bits per heavy atom. The first kappa shape index (κ1) is 38.9. The number of halogens is 3. The normalized spacial score (nSPS) is 27.3. The Morgan fingerprint density at radius 3 is 2.57 bits per heavy atom. The number of alkyl halides is 3. The number of amides is 3. The van der Waals surface area contributed by atoms with Gasteiger partial charge in [-0.2, -0.15) is 13.2 Å². The molecule has 4 heterocycles. The largest absolute Gasteiger partial charge is 0.497 e. The molecule has 3 amide bonds. The molecule has 4 aliphatic rings. The average molecular weight is 757 g/mol. The number of carbonyl (C=O) groups excluding carboxylic acids is 4. The number of benzene rings is 1. The number of nitrogens with zero attached hydrogens (tertiary/aromatic N) is 2. The predicted octanol–water partition coefficient (Wildman–Crippen LogP) is 6.25. The second kappa shape index (κ2) is 14.4. The summed E-state index contributed by atoms with van der Waals surface area (Å²) in [4.78, 5) is 60.7. The van der Waals surface area contributed by atoms with E-state index < -0.39 is 70.3 Å². The zero-order valence-corrected chi connectivity index (χ0v) is 31.4. The molecule has 54 heavy (non-hydrogen) atoms. The van der Waals surface area contributed by atoms with Crippen molar-refractivity contribution in [3.05, 3.63) is 47.7 Å². The summed E-state index contributed by atoms with van der Waals surface area (Å²) in [5.41, 5.74) is -4.46. The van der Waals surface area contributed by atoms with E-state index in [2.05, 4.69) is 15.6 Å². The van der Waals surface area contributed by atoms with Gasteiger partial charge in [-0.3, -0.25) is 9.59 Å². The monoisotopic (exact) mass is 756 g/mol. The van der Waals surface area contributed by atoms with Crippen LogP contribution in [0.2, 0.25) is 0 Å². The number of hydrogen-bond donors (Lipinski definition) is 2. The van der Waals surface area contributed by atoms with Crippen LogP contribution in [0.4, 0.5) is 18.0 Å². The maximum absolute atomic E-state index is 14.7. The molecule has 0 radical (unpaired) electrons. The van der Waals surface area contributed by atoms with Crippen molar-refractivity contribution in [1.82, 2.24) is 20.5 Å². The first-order valence-electron chi connectivity index (χ1n) is 18.3. The molecule has 1 aromatic carbocycles. The molecule has 1 aromatic heterocycles. The van der Waals surface area contributed by atoms with Gasteiger partial charge in [0.1, 0.15) is 34.6 Å². The molecule has 1 spiro atoms. The van der Waals surface area contributed by atoms with Crippen LogP contribution in [0.5, 0.6) is 11.5 Å². The second-order valence-corrected chi connectivity index (χ2v) is 15.5. The number of carbonyl (C=O) groups is 4. The maximum Gasteiger partial charge on any atom is 0.437 e. The van der Waals surface area contributed by atoms with Gasteiger partial charge in [-0.05, 0) is 90.2 Å². The van der Waals surface area contributed by atoms with Crippen molar-refractivity contribution in [1.29, 1.82) is 0 Å². The highest BCUT2D eigenvalue weighted by molar-refractivity contribution is 5.98. The maximum atomic E-state index is 14.7. The number of esters is 1. The van der Waals surface area contributed by atoms with Crippen LogP contribution in [0.25, 0.3) is 16.5 Å². The summed E-state index contributed by atoms with van der Waals surface area (Å²) in [6.45, 7) is 8.10. The number of hydrogen-bond acceptors (Lipinski definition) is 9. The van der Waals surface area contributed by atoms with Crippen LogP contribution < -0.4 is 20.1 Å². The van der Waals surface area contributed by atoms with Gasteiger partial charge in [0.25, 0.3) is 0 Å². The van der Waals surface area contributed by atoms with Gasteiger partial charge in [0.15, 0.2) is 11.4 Å². The summed E-state index contributed by atoms with van der Waals surface area (Å²) in [7, 11) is 1.44. The Kier molecular flexibility index (Phi) is 10.4. The Hall–Kier alpha value is -4.82. The van der Waals surface area contributed by atoms with E-state index in [0.717, 1.165) is 12.8 Å². The fraction of sp³-hybridized carbons (Fsp3) is 0.564. The number of ether oxygens (including phenoxy) is 4. The minimum absolute atomic E-state index is 0.0789. The van der Waals surface area contributed by atoms with Crippen LogP contribution in [0.1, 0.15) is 90.8 Å². The molecule has 0 unspecified atom stereocenters. The van der Waals surface area contributed by atoms with Gasteiger partial charge in [-0.15, -0.1) is 0 Å². The topological polar surface area (TPSA) is 145 Å². The SMILES string of the molecule is CCOC(=O)[C@@]12C[C@H]1C=CCCCCC[C@H](NC(=O)OC(C)(C)C)C(=O)N1C[C@@]3(C=C(C)c4c(c(C(F)(F)F)nc5ccc(OC)cc45)O3)C[C@H]1C(=O)N2. The molecule has 1 saturated carbocycles. The predicted molar refractivity (Wildman–Crippen MR) is 191 cm³/mol. The number of pyridine rings is 1. The van der Waals surface area contributed by atoms with Crippen molar-refractivity contribution >= 4 is 40.4 Å².